The van der Waals surface area contributed by atoms with Crippen LogP contribution in [0.4, 0.5) is 0 Å². The third-order valence-electron chi connectivity index (χ3n) is 4.96. The van der Waals surface area contributed by atoms with Crippen LogP contribution < -0.4 is 5.32 Å². The maximum Gasteiger partial charge on any atom is 0.193 e. The van der Waals surface area contributed by atoms with Crippen molar-refractivity contribution in [1.29, 1.82) is 0 Å². The number of aliphatic imine (C=N–C) groups is 1. The molecule has 3 heterocycles. The summed E-state index contributed by atoms with van der Waals surface area (Å²) in [7, 11) is 1.85. The summed E-state index contributed by atoms with van der Waals surface area (Å²) in [6, 6.07) is 0. The van der Waals surface area contributed by atoms with Crippen LogP contribution in [0, 0.1) is 0 Å². The Bertz CT molecular complexity index is 506. The van der Waals surface area contributed by atoms with E-state index in [2.05, 4.69) is 24.8 Å². The molecular formula is C18H31N5O2. The summed E-state index contributed by atoms with van der Waals surface area (Å²) in [5, 5.41) is 3.44. The maximum atomic E-state index is 6.09. The minimum atomic E-state index is 0.310. The van der Waals surface area contributed by atoms with Gasteiger partial charge in [0, 0.05) is 52.2 Å². The SMILES string of the molecule is CN=C(NCCn1ccnc1)N1CCC(OCC2CCCCO2)CC1. The summed E-state index contributed by atoms with van der Waals surface area (Å²) in [4.78, 5) is 10.8. The van der Waals surface area contributed by atoms with Crippen molar-refractivity contribution < 1.29 is 9.47 Å². The van der Waals surface area contributed by atoms with Crippen LogP contribution in [0.5, 0.6) is 0 Å². The summed E-state index contributed by atoms with van der Waals surface area (Å²) >= 11 is 0. The van der Waals surface area contributed by atoms with Crippen molar-refractivity contribution in [2.24, 2.45) is 4.99 Å². The van der Waals surface area contributed by atoms with Crippen LogP contribution in [0.25, 0.3) is 0 Å². The minimum absolute atomic E-state index is 0.310. The number of imidazole rings is 1. The van der Waals surface area contributed by atoms with Crippen molar-refractivity contribution in [3.8, 4) is 0 Å². The molecule has 0 aromatic carbocycles. The number of piperidine rings is 1. The highest BCUT2D eigenvalue weighted by atomic mass is 16.5. The molecule has 0 saturated carbocycles. The summed E-state index contributed by atoms with van der Waals surface area (Å²) in [5.74, 6) is 0.981. The number of hydrogen-bond acceptors (Lipinski definition) is 4. The quantitative estimate of drug-likeness (QED) is 0.623. The first-order chi connectivity index (χ1) is 12.3. The van der Waals surface area contributed by atoms with Gasteiger partial charge in [0.2, 0.25) is 0 Å². The third kappa shape index (κ3) is 5.71. The molecule has 7 nitrogen and oxygen atoms in total. The molecule has 2 aliphatic heterocycles. The molecular weight excluding hydrogens is 318 g/mol. The first-order valence-corrected chi connectivity index (χ1v) is 9.49. The Balaban J connectivity index is 1.33. The molecule has 2 saturated heterocycles. The zero-order valence-corrected chi connectivity index (χ0v) is 15.3. The smallest absolute Gasteiger partial charge is 0.193 e. The molecule has 2 fully saturated rings. The van der Waals surface area contributed by atoms with Gasteiger partial charge >= 0.3 is 0 Å². The Morgan fingerprint density at radius 2 is 2.20 bits per heavy atom. The van der Waals surface area contributed by atoms with Gasteiger partial charge in [0.15, 0.2) is 5.96 Å². The van der Waals surface area contributed by atoms with Crippen molar-refractivity contribution >= 4 is 5.96 Å². The second-order valence-corrected chi connectivity index (χ2v) is 6.78. The number of nitrogens with one attached hydrogen (secondary N) is 1. The van der Waals surface area contributed by atoms with Crippen LogP contribution in [-0.2, 0) is 16.0 Å². The Morgan fingerprint density at radius 3 is 2.88 bits per heavy atom. The Labute approximate surface area is 150 Å². The predicted octanol–water partition coefficient (Wildman–Crippen LogP) is 1.51. The van der Waals surface area contributed by atoms with Gasteiger partial charge in [-0.05, 0) is 32.1 Å². The largest absolute Gasteiger partial charge is 0.376 e. The fraction of sp³-hybridized carbons (Fsp3) is 0.778. The highest BCUT2D eigenvalue weighted by Gasteiger charge is 2.23. The average molecular weight is 349 g/mol. The van der Waals surface area contributed by atoms with Gasteiger partial charge in [0.1, 0.15) is 0 Å². The first-order valence-electron chi connectivity index (χ1n) is 9.49. The second kappa shape index (κ2) is 9.77. The van der Waals surface area contributed by atoms with E-state index in [0.717, 1.165) is 64.6 Å². The van der Waals surface area contributed by atoms with E-state index in [1.807, 2.05) is 19.6 Å². The predicted molar refractivity (Wildman–Crippen MR) is 97.7 cm³/mol. The molecule has 140 valence electrons. The van der Waals surface area contributed by atoms with E-state index in [1.54, 1.807) is 6.20 Å². The fourth-order valence-corrected chi connectivity index (χ4v) is 3.46. The molecule has 1 aromatic rings. The standard InChI is InChI=1S/C18H31N5O2/c1-19-18(21-8-12-22-11-7-20-15-22)23-9-5-16(6-10-23)25-14-17-4-2-3-13-24-17/h7,11,15-17H,2-6,8-10,12-14H2,1H3,(H,19,21). The summed E-state index contributed by atoms with van der Waals surface area (Å²) < 4.78 is 13.9. The Morgan fingerprint density at radius 1 is 1.32 bits per heavy atom. The molecule has 0 spiro atoms. The molecule has 1 atom stereocenters. The highest BCUT2D eigenvalue weighted by molar-refractivity contribution is 5.79. The number of aromatic nitrogens is 2. The van der Waals surface area contributed by atoms with E-state index in [4.69, 9.17) is 9.47 Å². The molecule has 0 bridgehead atoms. The van der Waals surface area contributed by atoms with Crippen molar-refractivity contribution in [2.45, 2.75) is 50.9 Å². The van der Waals surface area contributed by atoms with Gasteiger partial charge in [-0.3, -0.25) is 4.99 Å². The normalized spacial score (nSPS) is 23.0. The molecule has 0 radical (unpaired) electrons. The number of nitrogens with zero attached hydrogens (tertiary/aromatic N) is 4. The van der Waals surface area contributed by atoms with Gasteiger partial charge in [-0.1, -0.05) is 0 Å². The van der Waals surface area contributed by atoms with Crippen LogP contribution in [0.15, 0.2) is 23.7 Å². The van der Waals surface area contributed by atoms with E-state index in [-0.39, 0.29) is 0 Å². The van der Waals surface area contributed by atoms with E-state index in [9.17, 15) is 0 Å². The molecule has 1 aromatic heterocycles. The molecule has 1 unspecified atom stereocenters. The van der Waals surface area contributed by atoms with Gasteiger partial charge in [-0.2, -0.15) is 0 Å². The summed E-state index contributed by atoms with van der Waals surface area (Å²) in [6.07, 6.45) is 12.0. The maximum absolute atomic E-state index is 6.09. The van der Waals surface area contributed by atoms with Crippen LogP contribution in [0.1, 0.15) is 32.1 Å². The van der Waals surface area contributed by atoms with Crippen LogP contribution in [0.3, 0.4) is 0 Å². The number of likely N-dealkylation sites (tertiary alicyclic amines) is 1. The number of hydrogen-bond donors (Lipinski definition) is 1. The zero-order chi connectivity index (χ0) is 17.3. The monoisotopic (exact) mass is 349 g/mol. The molecule has 25 heavy (non-hydrogen) atoms. The molecule has 2 aliphatic rings. The van der Waals surface area contributed by atoms with Crippen molar-refractivity contribution in [1.82, 2.24) is 19.8 Å². The van der Waals surface area contributed by atoms with Crippen LogP contribution in [-0.4, -0.2) is 72.5 Å². The number of rotatable bonds is 6. The second-order valence-electron chi connectivity index (χ2n) is 6.78. The lowest BCUT2D eigenvalue weighted by Gasteiger charge is -2.35. The summed E-state index contributed by atoms with van der Waals surface area (Å²) in [6.45, 7) is 5.36. The minimum Gasteiger partial charge on any atom is -0.376 e. The van der Waals surface area contributed by atoms with Gasteiger partial charge in [0.05, 0.1) is 25.1 Å². The van der Waals surface area contributed by atoms with Gasteiger partial charge < -0.3 is 24.3 Å². The average Bonchev–Trinajstić information content (AvgIpc) is 3.18. The number of ether oxygens (including phenoxy) is 2. The van der Waals surface area contributed by atoms with Gasteiger partial charge in [-0.15, -0.1) is 0 Å². The van der Waals surface area contributed by atoms with Gasteiger partial charge in [-0.25, -0.2) is 4.98 Å². The third-order valence-corrected chi connectivity index (χ3v) is 4.96. The van der Waals surface area contributed by atoms with Gasteiger partial charge in [0.25, 0.3) is 0 Å². The summed E-state index contributed by atoms with van der Waals surface area (Å²) in [5.41, 5.74) is 0. The first kappa shape index (κ1) is 18.2. The Hall–Kier alpha value is -1.60. The van der Waals surface area contributed by atoms with Crippen molar-refractivity contribution in [3.05, 3.63) is 18.7 Å². The topological polar surface area (TPSA) is 63.9 Å². The Kier molecular flexibility index (Phi) is 7.11. The van der Waals surface area contributed by atoms with E-state index in [1.165, 1.54) is 12.8 Å². The molecule has 7 heteroatoms. The van der Waals surface area contributed by atoms with Crippen molar-refractivity contribution in [3.63, 3.8) is 0 Å². The van der Waals surface area contributed by atoms with E-state index >= 15 is 0 Å². The number of guanidine groups is 1. The highest BCUT2D eigenvalue weighted by Crippen LogP contribution is 2.17. The lowest BCUT2D eigenvalue weighted by atomic mass is 10.1. The molecule has 3 rings (SSSR count). The van der Waals surface area contributed by atoms with Crippen LogP contribution >= 0.6 is 0 Å². The van der Waals surface area contributed by atoms with E-state index in [0.29, 0.717) is 12.2 Å². The van der Waals surface area contributed by atoms with Crippen molar-refractivity contribution in [2.75, 3.05) is 39.9 Å². The lowest BCUT2D eigenvalue weighted by Crippen LogP contribution is -2.47. The molecule has 0 amide bonds. The lowest BCUT2D eigenvalue weighted by molar-refractivity contribution is -0.0721. The zero-order valence-electron chi connectivity index (χ0n) is 15.3. The molecule has 1 N–H and O–H groups in total. The molecule has 0 aliphatic carbocycles. The van der Waals surface area contributed by atoms with Crippen LogP contribution in [0.2, 0.25) is 0 Å². The fourth-order valence-electron chi connectivity index (χ4n) is 3.46. The van der Waals surface area contributed by atoms with E-state index < -0.39 is 0 Å².